The van der Waals surface area contributed by atoms with E-state index in [2.05, 4.69) is 32.6 Å². The molecule has 1 saturated heterocycles. The number of nitrogens with one attached hydrogen (secondary N) is 2. The van der Waals surface area contributed by atoms with Gasteiger partial charge in [-0.15, -0.1) is 0 Å². The second kappa shape index (κ2) is 6.65. The van der Waals surface area contributed by atoms with E-state index in [9.17, 15) is 8.42 Å². The van der Waals surface area contributed by atoms with E-state index in [4.69, 9.17) is 5.73 Å². The Morgan fingerprint density at radius 2 is 2.13 bits per heavy atom. The van der Waals surface area contributed by atoms with Crippen molar-refractivity contribution in [3.8, 4) is 0 Å². The quantitative estimate of drug-likeness (QED) is 0.426. The number of piperidine rings is 1. The molecular formula is C21H22N6O2S2. The first kappa shape index (κ1) is 19.0. The summed E-state index contributed by atoms with van der Waals surface area (Å²) in [6, 6.07) is 9.98. The molecule has 1 unspecified atom stereocenters. The zero-order chi connectivity index (χ0) is 21.3. The van der Waals surface area contributed by atoms with Crippen LogP contribution >= 0.6 is 11.3 Å². The highest BCUT2D eigenvalue weighted by molar-refractivity contribution is 7.88. The van der Waals surface area contributed by atoms with Gasteiger partial charge in [0.15, 0.2) is 5.13 Å². The van der Waals surface area contributed by atoms with Crippen LogP contribution in [0.5, 0.6) is 0 Å². The lowest BCUT2D eigenvalue weighted by Gasteiger charge is -2.48. The maximum Gasteiger partial charge on any atom is 0.211 e. The predicted molar refractivity (Wildman–Crippen MR) is 124 cm³/mol. The highest BCUT2D eigenvalue weighted by Crippen LogP contribution is 2.53. The second-order valence-electron chi connectivity index (χ2n) is 8.38. The van der Waals surface area contributed by atoms with Crippen molar-refractivity contribution in [2.45, 2.75) is 24.9 Å². The smallest absolute Gasteiger partial charge is 0.211 e. The van der Waals surface area contributed by atoms with E-state index in [1.165, 1.54) is 17.6 Å². The van der Waals surface area contributed by atoms with Crippen LogP contribution in [-0.4, -0.2) is 40.7 Å². The average molecular weight is 455 g/mol. The van der Waals surface area contributed by atoms with Crippen LogP contribution in [0, 0.1) is 5.92 Å². The Kier molecular flexibility index (Phi) is 4.08. The van der Waals surface area contributed by atoms with Crippen molar-refractivity contribution < 1.29 is 8.42 Å². The van der Waals surface area contributed by atoms with E-state index in [0.717, 1.165) is 50.8 Å². The molecule has 2 aliphatic heterocycles. The molecule has 10 heteroatoms. The number of nitrogens with zero attached hydrogens (tertiary/aromatic N) is 3. The number of hydrogen-bond donors (Lipinski definition) is 3. The van der Waals surface area contributed by atoms with Gasteiger partial charge in [-0.2, -0.15) is 9.40 Å². The van der Waals surface area contributed by atoms with Crippen molar-refractivity contribution in [2.24, 2.45) is 5.92 Å². The summed E-state index contributed by atoms with van der Waals surface area (Å²) < 4.78 is 28.3. The maximum atomic E-state index is 12.8. The molecule has 4 N–H and O–H groups in total. The number of aromatic nitrogens is 3. The number of rotatable bonds is 2. The van der Waals surface area contributed by atoms with Crippen molar-refractivity contribution in [3.05, 3.63) is 47.7 Å². The third-order valence-corrected chi connectivity index (χ3v) is 8.66. The Morgan fingerprint density at radius 3 is 2.97 bits per heavy atom. The SMILES string of the molecule is CS(=O)(=O)N1CCC[C@@H]2C1c1c(ccc3[nH]ncc13)N[C@H]2c1ccc2nc(N)sc2c1. The summed E-state index contributed by atoms with van der Waals surface area (Å²) >= 11 is 1.47. The van der Waals surface area contributed by atoms with Crippen LogP contribution in [0.3, 0.4) is 0 Å². The molecule has 2 aromatic heterocycles. The van der Waals surface area contributed by atoms with E-state index in [1.807, 2.05) is 18.2 Å². The zero-order valence-corrected chi connectivity index (χ0v) is 18.5. The third kappa shape index (κ3) is 2.93. The summed E-state index contributed by atoms with van der Waals surface area (Å²) in [5.41, 5.74) is 10.8. The largest absolute Gasteiger partial charge is 0.378 e. The number of nitrogen functional groups attached to an aromatic ring is 1. The molecule has 0 amide bonds. The number of thiazole rings is 1. The van der Waals surface area contributed by atoms with Gasteiger partial charge in [0.05, 0.1) is 40.3 Å². The average Bonchev–Trinajstić information content (AvgIpc) is 3.36. The maximum absolute atomic E-state index is 12.8. The van der Waals surface area contributed by atoms with Crippen molar-refractivity contribution in [1.82, 2.24) is 19.5 Å². The van der Waals surface area contributed by atoms with Crippen LogP contribution in [0.2, 0.25) is 0 Å². The van der Waals surface area contributed by atoms with E-state index < -0.39 is 10.0 Å². The molecule has 0 spiro atoms. The van der Waals surface area contributed by atoms with Crippen molar-refractivity contribution >= 4 is 53.3 Å². The van der Waals surface area contributed by atoms with Crippen LogP contribution in [0.1, 0.15) is 36.1 Å². The molecule has 2 aromatic carbocycles. The number of nitrogens with two attached hydrogens (primary N) is 1. The van der Waals surface area contributed by atoms with E-state index >= 15 is 0 Å². The lowest BCUT2D eigenvalue weighted by molar-refractivity contribution is 0.154. The second-order valence-corrected chi connectivity index (χ2v) is 11.4. The van der Waals surface area contributed by atoms with E-state index in [1.54, 1.807) is 10.5 Å². The molecule has 0 bridgehead atoms. The van der Waals surface area contributed by atoms with Crippen molar-refractivity contribution in [1.29, 1.82) is 0 Å². The van der Waals surface area contributed by atoms with Gasteiger partial charge >= 0.3 is 0 Å². The van der Waals surface area contributed by atoms with E-state index in [-0.39, 0.29) is 18.0 Å². The van der Waals surface area contributed by atoms with Gasteiger partial charge in [-0.3, -0.25) is 5.10 Å². The van der Waals surface area contributed by atoms with Gasteiger partial charge in [0.2, 0.25) is 10.0 Å². The molecule has 6 rings (SSSR count). The first-order valence-electron chi connectivity index (χ1n) is 10.3. The summed E-state index contributed by atoms with van der Waals surface area (Å²) in [4.78, 5) is 4.37. The fraction of sp³-hybridized carbons (Fsp3) is 0.333. The van der Waals surface area contributed by atoms with Crippen molar-refractivity contribution in [3.63, 3.8) is 0 Å². The van der Waals surface area contributed by atoms with Gasteiger partial charge in [0.25, 0.3) is 0 Å². The van der Waals surface area contributed by atoms with Gasteiger partial charge in [-0.05, 0) is 42.7 Å². The van der Waals surface area contributed by atoms with Gasteiger partial charge in [0.1, 0.15) is 0 Å². The monoisotopic (exact) mass is 454 g/mol. The number of hydrogen-bond acceptors (Lipinski definition) is 7. The van der Waals surface area contributed by atoms with Crippen molar-refractivity contribution in [2.75, 3.05) is 23.9 Å². The minimum absolute atomic E-state index is 0.0147. The summed E-state index contributed by atoms with van der Waals surface area (Å²) in [6.07, 6.45) is 4.88. The van der Waals surface area contributed by atoms with Crippen LogP contribution in [0.4, 0.5) is 10.8 Å². The molecule has 160 valence electrons. The van der Waals surface area contributed by atoms with Gasteiger partial charge < -0.3 is 11.1 Å². The number of sulfonamides is 1. The fourth-order valence-electron chi connectivity index (χ4n) is 5.31. The Labute approximate surface area is 183 Å². The Morgan fingerprint density at radius 1 is 1.26 bits per heavy atom. The minimum atomic E-state index is -3.38. The highest BCUT2D eigenvalue weighted by Gasteiger charge is 2.46. The molecule has 0 saturated carbocycles. The number of aromatic amines is 1. The number of H-pyrrole nitrogens is 1. The Hall–Kier alpha value is -2.69. The third-order valence-electron chi connectivity index (χ3n) is 6.55. The molecule has 0 aliphatic carbocycles. The first-order valence-corrected chi connectivity index (χ1v) is 12.9. The summed E-state index contributed by atoms with van der Waals surface area (Å²) in [5.74, 6) is 0.0965. The first-order chi connectivity index (χ1) is 14.9. The Bertz CT molecular complexity index is 1430. The molecule has 31 heavy (non-hydrogen) atoms. The summed E-state index contributed by atoms with van der Waals surface area (Å²) in [5, 5.41) is 12.5. The fourth-order valence-corrected chi connectivity index (χ4v) is 7.23. The van der Waals surface area contributed by atoms with Crippen LogP contribution in [-0.2, 0) is 10.0 Å². The summed E-state index contributed by atoms with van der Waals surface area (Å²) in [7, 11) is -3.38. The standard InChI is InChI=1S/C21H22N6O2S2/c1-31(28,29)27-8-2-3-12-19(11-4-5-15-17(9-11)30-21(22)25-15)24-16-7-6-14-13(10-23-26-14)18(16)20(12)27/h4-7,9-10,12,19-20,24H,2-3,8H2,1H3,(H2,22,25)(H,23,26)/t12-,19-,20?/m0/s1. The molecule has 0 radical (unpaired) electrons. The number of anilines is 2. The minimum Gasteiger partial charge on any atom is -0.378 e. The molecule has 3 atom stereocenters. The lowest BCUT2D eigenvalue weighted by Crippen LogP contribution is -2.47. The number of fused-ring (bicyclic) bond motifs is 6. The van der Waals surface area contributed by atoms with Crippen LogP contribution in [0.25, 0.3) is 21.1 Å². The highest BCUT2D eigenvalue weighted by atomic mass is 32.2. The molecular weight excluding hydrogens is 432 g/mol. The van der Waals surface area contributed by atoms with Gasteiger partial charge in [0, 0.05) is 29.1 Å². The normalized spacial score (nSPS) is 24.1. The molecule has 1 fully saturated rings. The summed E-state index contributed by atoms with van der Waals surface area (Å²) in [6.45, 7) is 0.533. The Balaban J connectivity index is 1.56. The molecule has 8 nitrogen and oxygen atoms in total. The van der Waals surface area contributed by atoms with Crippen LogP contribution in [0.15, 0.2) is 36.5 Å². The molecule has 2 aliphatic rings. The predicted octanol–water partition coefficient (Wildman–Crippen LogP) is 3.63. The molecule has 4 aromatic rings. The topological polar surface area (TPSA) is 117 Å². The molecule has 4 heterocycles. The van der Waals surface area contributed by atoms with Gasteiger partial charge in [-0.25, -0.2) is 13.4 Å². The number of benzene rings is 2. The van der Waals surface area contributed by atoms with Gasteiger partial charge in [-0.1, -0.05) is 17.4 Å². The zero-order valence-electron chi connectivity index (χ0n) is 16.9. The lowest BCUT2D eigenvalue weighted by atomic mass is 9.74. The van der Waals surface area contributed by atoms with Crippen LogP contribution < -0.4 is 11.1 Å². The van der Waals surface area contributed by atoms with E-state index in [0.29, 0.717) is 11.7 Å².